The first-order valence-corrected chi connectivity index (χ1v) is 12.2. The summed E-state index contributed by atoms with van der Waals surface area (Å²) in [7, 11) is 0. The lowest BCUT2D eigenvalue weighted by atomic mass is 10.1. The number of aromatic nitrogens is 1. The maximum absolute atomic E-state index is 12.8. The Morgan fingerprint density at radius 1 is 1.12 bits per heavy atom. The predicted molar refractivity (Wildman–Crippen MR) is 131 cm³/mol. The van der Waals surface area contributed by atoms with Crippen LogP contribution in [0.4, 0.5) is 0 Å². The second-order valence-corrected chi connectivity index (χ2v) is 9.58. The van der Waals surface area contributed by atoms with E-state index < -0.39 is 0 Å². The third kappa shape index (κ3) is 6.21. The van der Waals surface area contributed by atoms with Gasteiger partial charge in [0.05, 0.1) is 22.9 Å². The van der Waals surface area contributed by atoms with Crippen molar-refractivity contribution in [1.82, 2.24) is 15.2 Å². The molecule has 2 unspecified atom stereocenters. The smallest absolute Gasteiger partial charge is 0.254 e. The molecule has 4 rings (SSSR count). The van der Waals surface area contributed by atoms with Gasteiger partial charge in [-0.1, -0.05) is 18.2 Å². The zero-order valence-electron chi connectivity index (χ0n) is 19.6. The zero-order valence-corrected chi connectivity index (χ0v) is 20.4. The molecule has 7 nitrogen and oxygen atoms in total. The van der Waals surface area contributed by atoms with E-state index in [9.17, 15) is 9.59 Å². The normalized spacial score (nSPS) is 17.9. The summed E-state index contributed by atoms with van der Waals surface area (Å²) in [6.45, 7) is 7.82. The van der Waals surface area contributed by atoms with Crippen LogP contribution in [0.15, 0.2) is 53.9 Å². The van der Waals surface area contributed by atoms with Crippen LogP contribution in [0.5, 0.6) is 5.75 Å². The standard InChI is InChI=1S/C26H29N3O4S/c1-17-13-29(14-18(2)33-17)26(31)21-9-7-20(8-10-21)12-27-25(30)22-5-4-6-24(11-22)32-15-23-16-34-19(3)28-23/h4-11,16-18H,12-15H2,1-3H3,(H,27,30). The van der Waals surface area contributed by atoms with Gasteiger partial charge in [-0.2, -0.15) is 0 Å². The molecule has 2 amide bonds. The summed E-state index contributed by atoms with van der Waals surface area (Å²) in [5, 5.41) is 5.89. The van der Waals surface area contributed by atoms with E-state index in [1.165, 1.54) is 0 Å². The Morgan fingerprint density at radius 3 is 2.53 bits per heavy atom. The minimum atomic E-state index is -0.189. The van der Waals surface area contributed by atoms with E-state index in [0.717, 1.165) is 16.3 Å². The fourth-order valence-corrected chi connectivity index (χ4v) is 4.53. The monoisotopic (exact) mass is 479 g/mol. The number of benzene rings is 2. The lowest BCUT2D eigenvalue weighted by molar-refractivity contribution is -0.0586. The highest BCUT2D eigenvalue weighted by Gasteiger charge is 2.26. The summed E-state index contributed by atoms with van der Waals surface area (Å²) in [6, 6.07) is 14.5. The van der Waals surface area contributed by atoms with Crippen molar-refractivity contribution in [3.63, 3.8) is 0 Å². The maximum Gasteiger partial charge on any atom is 0.254 e. The summed E-state index contributed by atoms with van der Waals surface area (Å²) in [6.07, 6.45) is 0.0604. The molecule has 178 valence electrons. The van der Waals surface area contributed by atoms with E-state index in [-0.39, 0.29) is 24.0 Å². The Balaban J connectivity index is 1.30. The second kappa shape index (κ2) is 10.8. The van der Waals surface area contributed by atoms with E-state index in [4.69, 9.17) is 9.47 Å². The minimum absolute atomic E-state index is 0.00205. The SMILES string of the molecule is Cc1nc(COc2cccc(C(=O)NCc3ccc(C(=O)N4CC(C)OC(C)C4)cc3)c2)cs1. The number of thiazole rings is 1. The Labute approximate surface area is 203 Å². The van der Waals surface area contributed by atoms with Crippen molar-refractivity contribution >= 4 is 23.2 Å². The van der Waals surface area contributed by atoms with E-state index in [1.807, 2.05) is 61.4 Å². The molecule has 1 aliphatic heterocycles. The van der Waals surface area contributed by atoms with Gasteiger partial charge < -0.3 is 19.7 Å². The molecule has 1 aliphatic rings. The largest absolute Gasteiger partial charge is 0.487 e. The van der Waals surface area contributed by atoms with Gasteiger partial charge in [0.1, 0.15) is 12.4 Å². The van der Waals surface area contributed by atoms with Crippen LogP contribution in [0.2, 0.25) is 0 Å². The fraction of sp³-hybridized carbons (Fsp3) is 0.346. The van der Waals surface area contributed by atoms with Crippen molar-refractivity contribution in [3.8, 4) is 5.75 Å². The average Bonchev–Trinajstić information content (AvgIpc) is 3.25. The molecule has 1 saturated heterocycles. The highest BCUT2D eigenvalue weighted by atomic mass is 32.1. The van der Waals surface area contributed by atoms with Gasteiger partial charge in [-0.15, -0.1) is 11.3 Å². The molecular formula is C26H29N3O4S. The summed E-state index contributed by atoms with van der Waals surface area (Å²) in [4.78, 5) is 31.7. The number of aryl methyl sites for hydroxylation is 1. The van der Waals surface area contributed by atoms with E-state index in [0.29, 0.717) is 43.1 Å². The zero-order chi connectivity index (χ0) is 24.1. The molecule has 0 aliphatic carbocycles. The highest BCUT2D eigenvalue weighted by Crippen LogP contribution is 2.17. The molecule has 1 aromatic heterocycles. The molecule has 0 radical (unpaired) electrons. The van der Waals surface area contributed by atoms with Crippen LogP contribution in [0.25, 0.3) is 0 Å². The number of amides is 2. The van der Waals surface area contributed by atoms with Gasteiger partial charge >= 0.3 is 0 Å². The van der Waals surface area contributed by atoms with Crippen LogP contribution in [0.3, 0.4) is 0 Å². The van der Waals surface area contributed by atoms with Gasteiger partial charge in [0.2, 0.25) is 0 Å². The topological polar surface area (TPSA) is 80.8 Å². The predicted octanol–water partition coefficient (Wildman–Crippen LogP) is 4.21. The van der Waals surface area contributed by atoms with Gasteiger partial charge in [0.15, 0.2) is 0 Å². The Morgan fingerprint density at radius 2 is 1.85 bits per heavy atom. The Kier molecular flexibility index (Phi) is 7.59. The number of rotatable bonds is 7. The van der Waals surface area contributed by atoms with E-state index in [1.54, 1.807) is 29.5 Å². The molecule has 2 heterocycles. The maximum atomic E-state index is 12.8. The number of carbonyl (C=O) groups is 2. The van der Waals surface area contributed by atoms with Gasteiger partial charge in [0, 0.05) is 36.1 Å². The second-order valence-electron chi connectivity index (χ2n) is 8.52. The number of morpholine rings is 1. The van der Waals surface area contributed by atoms with Crippen molar-refractivity contribution < 1.29 is 19.1 Å². The van der Waals surface area contributed by atoms with E-state index in [2.05, 4.69) is 10.3 Å². The first-order valence-electron chi connectivity index (χ1n) is 11.3. The summed E-state index contributed by atoms with van der Waals surface area (Å²) in [5.41, 5.74) is 2.95. The quantitative estimate of drug-likeness (QED) is 0.549. The van der Waals surface area contributed by atoms with Crippen molar-refractivity contribution in [2.45, 2.75) is 46.1 Å². The molecule has 34 heavy (non-hydrogen) atoms. The Hall–Kier alpha value is -3.23. The third-order valence-electron chi connectivity index (χ3n) is 5.51. The minimum Gasteiger partial charge on any atom is -0.487 e. The van der Waals surface area contributed by atoms with Gasteiger partial charge in [0.25, 0.3) is 11.8 Å². The van der Waals surface area contributed by atoms with Gasteiger partial charge in [-0.3, -0.25) is 9.59 Å². The molecule has 0 saturated carbocycles. The van der Waals surface area contributed by atoms with Crippen molar-refractivity contribution in [2.75, 3.05) is 13.1 Å². The lowest BCUT2D eigenvalue weighted by Gasteiger charge is -2.35. The van der Waals surface area contributed by atoms with Crippen LogP contribution in [0, 0.1) is 6.92 Å². The third-order valence-corrected chi connectivity index (χ3v) is 6.33. The van der Waals surface area contributed by atoms with Crippen LogP contribution in [0.1, 0.15) is 50.8 Å². The number of nitrogens with one attached hydrogen (secondary N) is 1. The average molecular weight is 480 g/mol. The molecular weight excluding hydrogens is 450 g/mol. The Bertz CT molecular complexity index is 1130. The summed E-state index contributed by atoms with van der Waals surface area (Å²) < 4.78 is 11.5. The number of nitrogens with zero attached hydrogens (tertiary/aromatic N) is 2. The van der Waals surface area contributed by atoms with Gasteiger partial charge in [-0.05, 0) is 56.7 Å². The molecule has 0 bridgehead atoms. The summed E-state index contributed by atoms with van der Waals surface area (Å²) >= 11 is 1.58. The molecule has 2 aromatic carbocycles. The molecule has 0 spiro atoms. The highest BCUT2D eigenvalue weighted by molar-refractivity contribution is 7.09. The molecule has 8 heteroatoms. The first kappa shape index (κ1) is 23.9. The van der Waals surface area contributed by atoms with Gasteiger partial charge in [-0.25, -0.2) is 4.98 Å². The number of hydrogen-bond acceptors (Lipinski definition) is 6. The molecule has 1 fully saturated rings. The number of hydrogen-bond donors (Lipinski definition) is 1. The summed E-state index contributed by atoms with van der Waals surface area (Å²) in [5.74, 6) is 0.432. The molecule has 1 N–H and O–H groups in total. The molecule has 3 aromatic rings. The van der Waals surface area contributed by atoms with Crippen LogP contribution in [-0.2, 0) is 17.9 Å². The lowest BCUT2D eigenvalue weighted by Crippen LogP contribution is -2.48. The fourth-order valence-electron chi connectivity index (χ4n) is 3.93. The van der Waals surface area contributed by atoms with Crippen molar-refractivity contribution in [2.24, 2.45) is 0 Å². The molecule has 2 atom stereocenters. The number of ether oxygens (including phenoxy) is 2. The van der Waals surface area contributed by atoms with Crippen molar-refractivity contribution in [1.29, 1.82) is 0 Å². The van der Waals surface area contributed by atoms with Crippen LogP contribution >= 0.6 is 11.3 Å². The van der Waals surface area contributed by atoms with Crippen LogP contribution < -0.4 is 10.1 Å². The number of carbonyl (C=O) groups excluding carboxylic acids is 2. The van der Waals surface area contributed by atoms with Crippen molar-refractivity contribution in [3.05, 3.63) is 81.3 Å². The van der Waals surface area contributed by atoms with E-state index >= 15 is 0 Å². The first-order chi connectivity index (χ1) is 16.4. The van der Waals surface area contributed by atoms with Crippen LogP contribution in [-0.4, -0.2) is 47.0 Å².